The molecule has 9 heteroatoms. The predicted octanol–water partition coefficient (Wildman–Crippen LogP) is 1.42. The van der Waals surface area contributed by atoms with Crippen molar-refractivity contribution in [2.24, 2.45) is 0 Å². The van der Waals surface area contributed by atoms with Gasteiger partial charge in [0.05, 0.1) is 11.6 Å². The SMILES string of the molecule is CC(Nc1ccc(C(=O)NCCCc2ccccn2)cn1)c1n[nH]c(=O)[nH]1. The maximum absolute atomic E-state index is 12.2. The molecule has 1 unspecified atom stereocenters. The number of nitrogens with zero attached hydrogens (tertiary/aromatic N) is 3. The number of H-pyrrole nitrogens is 2. The average Bonchev–Trinajstić information content (AvgIpc) is 3.13. The Bertz CT molecular complexity index is 919. The molecule has 0 aromatic carbocycles. The molecule has 0 aliphatic heterocycles. The molecule has 4 N–H and O–H groups in total. The van der Waals surface area contributed by atoms with Gasteiger partial charge in [-0.3, -0.25) is 14.8 Å². The van der Waals surface area contributed by atoms with E-state index < -0.39 is 0 Å². The van der Waals surface area contributed by atoms with Crippen molar-refractivity contribution in [2.75, 3.05) is 11.9 Å². The molecule has 0 spiro atoms. The van der Waals surface area contributed by atoms with Crippen LogP contribution < -0.4 is 16.3 Å². The molecule has 140 valence electrons. The Balaban J connectivity index is 1.46. The molecule has 27 heavy (non-hydrogen) atoms. The monoisotopic (exact) mass is 367 g/mol. The van der Waals surface area contributed by atoms with Crippen molar-refractivity contribution >= 4 is 11.7 Å². The van der Waals surface area contributed by atoms with E-state index in [9.17, 15) is 9.59 Å². The Morgan fingerprint density at radius 2 is 2.11 bits per heavy atom. The number of hydrogen-bond acceptors (Lipinski definition) is 6. The van der Waals surface area contributed by atoms with E-state index >= 15 is 0 Å². The number of aromatic nitrogens is 5. The second-order valence-electron chi connectivity index (χ2n) is 6.04. The van der Waals surface area contributed by atoms with Crippen LogP contribution >= 0.6 is 0 Å². The van der Waals surface area contributed by atoms with Gasteiger partial charge in [0.15, 0.2) is 5.82 Å². The molecule has 0 saturated heterocycles. The van der Waals surface area contributed by atoms with Crippen molar-refractivity contribution in [1.29, 1.82) is 0 Å². The predicted molar refractivity (Wildman–Crippen MR) is 100 cm³/mol. The van der Waals surface area contributed by atoms with Gasteiger partial charge in [-0.2, -0.15) is 5.10 Å². The first-order valence-electron chi connectivity index (χ1n) is 8.67. The van der Waals surface area contributed by atoms with Crippen LogP contribution in [0.15, 0.2) is 47.5 Å². The first kappa shape index (κ1) is 18.3. The van der Waals surface area contributed by atoms with Crippen molar-refractivity contribution in [1.82, 2.24) is 30.5 Å². The van der Waals surface area contributed by atoms with Crippen LogP contribution in [0.4, 0.5) is 5.82 Å². The van der Waals surface area contributed by atoms with Gasteiger partial charge in [-0.05, 0) is 44.0 Å². The molecule has 0 aliphatic rings. The number of nitrogens with one attached hydrogen (secondary N) is 4. The number of aryl methyl sites for hydroxylation is 1. The van der Waals surface area contributed by atoms with Crippen LogP contribution in [0.5, 0.6) is 0 Å². The van der Waals surface area contributed by atoms with Crippen LogP contribution in [-0.2, 0) is 6.42 Å². The zero-order valence-corrected chi connectivity index (χ0v) is 14.9. The van der Waals surface area contributed by atoms with Gasteiger partial charge >= 0.3 is 5.69 Å². The topological polar surface area (TPSA) is 128 Å². The summed E-state index contributed by atoms with van der Waals surface area (Å²) in [6, 6.07) is 8.98. The van der Waals surface area contributed by atoms with E-state index in [0.29, 0.717) is 23.8 Å². The highest BCUT2D eigenvalue weighted by Gasteiger charge is 2.11. The molecule has 0 fully saturated rings. The maximum atomic E-state index is 12.2. The lowest BCUT2D eigenvalue weighted by atomic mass is 10.2. The van der Waals surface area contributed by atoms with Crippen molar-refractivity contribution < 1.29 is 4.79 Å². The molecular formula is C18H21N7O2. The van der Waals surface area contributed by atoms with Crippen LogP contribution in [0.3, 0.4) is 0 Å². The average molecular weight is 367 g/mol. The largest absolute Gasteiger partial charge is 0.360 e. The standard InChI is InChI=1S/C18H21N7O2/c1-12(16-23-18(27)25-24-16)22-15-8-7-13(11-21-15)17(26)20-10-4-6-14-5-2-3-9-19-14/h2-3,5,7-9,11-12H,4,6,10H2,1H3,(H,20,26)(H,21,22)(H2,23,24,25,27). The fourth-order valence-corrected chi connectivity index (χ4v) is 2.51. The number of anilines is 1. The number of carbonyl (C=O) groups excluding carboxylic acids is 1. The minimum atomic E-state index is -0.360. The quantitative estimate of drug-likeness (QED) is 0.446. The van der Waals surface area contributed by atoms with Crippen LogP contribution in [0.25, 0.3) is 0 Å². The van der Waals surface area contributed by atoms with Crippen molar-refractivity contribution in [3.8, 4) is 0 Å². The number of rotatable bonds is 8. The highest BCUT2D eigenvalue weighted by atomic mass is 16.2. The third kappa shape index (κ3) is 5.24. The van der Waals surface area contributed by atoms with Gasteiger partial charge < -0.3 is 10.6 Å². The Morgan fingerprint density at radius 3 is 2.78 bits per heavy atom. The number of hydrogen-bond donors (Lipinski definition) is 4. The number of carbonyl (C=O) groups is 1. The molecule has 3 aromatic rings. The summed E-state index contributed by atoms with van der Waals surface area (Å²) in [6.45, 7) is 2.41. The summed E-state index contributed by atoms with van der Waals surface area (Å²) in [5.74, 6) is 0.898. The van der Waals surface area contributed by atoms with E-state index in [4.69, 9.17) is 0 Å². The van der Waals surface area contributed by atoms with Crippen LogP contribution in [0.2, 0.25) is 0 Å². The Labute approximate surface area is 155 Å². The molecule has 1 amide bonds. The van der Waals surface area contributed by atoms with Gasteiger partial charge in [-0.1, -0.05) is 6.07 Å². The van der Waals surface area contributed by atoms with Crippen LogP contribution in [-0.4, -0.2) is 37.6 Å². The summed E-state index contributed by atoms with van der Waals surface area (Å²) in [5, 5.41) is 12.2. The van der Waals surface area contributed by atoms with E-state index in [1.165, 1.54) is 6.20 Å². The zero-order chi connectivity index (χ0) is 19.1. The first-order valence-corrected chi connectivity index (χ1v) is 8.67. The highest BCUT2D eigenvalue weighted by molar-refractivity contribution is 5.94. The van der Waals surface area contributed by atoms with E-state index in [1.807, 2.05) is 25.1 Å². The minimum Gasteiger partial charge on any atom is -0.360 e. The molecule has 3 heterocycles. The smallest absolute Gasteiger partial charge is 0.340 e. The summed E-state index contributed by atoms with van der Waals surface area (Å²) in [5.41, 5.74) is 1.14. The normalized spacial score (nSPS) is 11.7. The van der Waals surface area contributed by atoms with Crippen LogP contribution in [0.1, 0.15) is 41.3 Å². The van der Waals surface area contributed by atoms with Gasteiger partial charge in [0.1, 0.15) is 5.82 Å². The summed E-state index contributed by atoms with van der Waals surface area (Å²) in [6.07, 6.45) is 4.90. The molecule has 9 nitrogen and oxygen atoms in total. The zero-order valence-electron chi connectivity index (χ0n) is 14.9. The van der Waals surface area contributed by atoms with Gasteiger partial charge in [0.2, 0.25) is 0 Å². The number of amides is 1. The third-order valence-electron chi connectivity index (χ3n) is 3.94. The Hall–Kier alpha value is -3.49. The first-order chi connectivity index (χ1) is 13.1. The van der Waals surface area contributed by atoms with Gasteiger partial charge in [-0.25, -0.2) is 14.9 Å². The Kier molecular flexibility index (Phi) is 5.93. The molecule has 3 aromatic heterocycles. The fraction of sp³-hybridized carbons (Fsp3) is 0.278. The van der Waals surface area contributed by atoms with Crippen molar-refractivity contribution in [3.05, 3.63) is 70.3 Å². The molecule has 3 rings (SSSR count). The van der Waals surface area contributed by atoms with E-state index in [1.54, 1.807) is 18.3 Å². The summed E-state index contributed by atoms with van der Waals surface area (Å²) in [7, 11) is 0. The van der Waals surface area contributed by atoms with Gasteiger partial charge in [0, 0.05) is 24.6 Å². The summed E-state index contributed by atoms with van der Waals surface area (Å²) in [4.78, 5) is 34.3. The number of pyridine rings is 2. The molecular weight excluding hydrogens is 346 g/mol. The van der Waals surface area contributed by atoms with Crippen molar-refractivity contribution in [3.63, 3.8) is 0 Å². The lowest BCUT2D eigenvalue weighted by Gasteiger charge is -2.11. The van der Waals surface area contributed by atoms with E-state index in [-0.39, 0.29) is 17.6 Å². The lowest BCUT2D eigenvalue weighted by Crippen LogP contribution is -2.25. The summed E-state index contributed by atoms with van der Waals surface area (Å²) < 4.78 is 0. The van der Waals surface area contributed by atoms with Crippen molar-refractivity contribution in [2.45, 2.75) is 25.8 Å². The highest BCUT2D eigenvalue weighted by Crippen LogP contribution is 2.13. The molecule has 1 atom stereocenters. The Morgan fingerprint density at radius 1 is 1.22 bits per heavy atom. The second-order valence-corrected chi connectivity index (χ2v) is 6.04. The fourth-order valence-electron chi connectivity index (χ4n) is 2.51. The number of aromatic amines is 2. The van der Waals surface area contributed by atoms with Crippen LogP contribution in [0, 0.1) is 0 Å². The molecule has 0 saturated carbocycles. The summed E-state index contributed by atoms with van der Waals surface area (Å²) >= 11 is 0. The van der Waals surface area contributed by atoms with E-state index in [2.05, 4.69) is 35.8 Å². The van der Waals surface area contributed by atoms with E-state index in [0.717, 1.165) is 18.5 Å². The van der Waals surface area contributed by atoms with Gasteiger partial charge in [0.25, 0.3) is 5.91 Å². The molecule has 0 bridgehead atoms. The maximum Gasteiger partial charge on any atom is 0.340 e. The lowest BCUT2D eigenvalue weighted by molar-refractivity contribution is 0.0953. The molecule has 0 aliphatic carbocycles. The minimum absolute atomic E-state index is 0.167. The second kappa shape index (κ2) is 8.75. The third-order valence-corrected chi connectivity index (χ3v) is 3.94. The molecule has 0 radical (unpaired) electrons. The van der Waals surface area contributed by atoms with Gasteiger partial charge in [-0.15, -0.1) is 0 Å².